The first-order chi connectivity index (χ1) is 9.74. The summed E-state index contributed by atoms with van der Waals surface area (Å²) in [4.78, 5) is 1.35. The molecule has 0 fully saturated rings. The summed E-state index contributed by atoms with van der Waals surface area (Å²) in [7, 11) is 2.04. The maximum absolute atomic E-state index is 3.44. The van der Waals surface area contributed by atoms with E-state index in [1.54, 1.807) is 0 Å². The molecule has 0 heterocycles. The van der Waals surface area contributed by atoms with Crippen LogP contribution in [0.2, 0.25) is 0 Å². The minimum Gasteiger partial charge on any atom is -0.313 e. The van der Waals surface area contributed by atoms with Gasteiger partial charge in [-0.05, 0) is 55.0 Å². The summed E-state index contributed by atoms with van der Waals surface area (Å²) < 4.78 is 0. The van der Waals surface area contributed by atoms with E-state index in [1.165, 1.54) is 21.6 Å². The number of hydrogen-bond acceptors (Lipinski definition) is 2. The molecule has 2 aromatic rings. The quantitative estimate of drug-likeness (QED) is 0.778. The van der Waals surface area contributed by atoms with Crippen LogP contribution in [-0.2, 0) is 6.42 Å². The molecule has 106 valence electrons. The molecule has 2 aromatic carbocycles. The van der Waals surface area contributed by atoms with E-state index in [4.69, 9.17) is 0 Å². The highest BCUT2D eigenvalue weighted by molar-refractivity contribution is 7.99. The third-order valence-corrected chi connectivity index (χ3v) is 4.52. The normalized spacial score (nSPS) is 12.3. The van der Waals surface area contributed by atoms with Gasteiger partial charge in [0.1, 0.15) is 0 Å². The number of hydrogen-bond donors (Lipinski definition) is 1. The molecule has 0 spiro atoms. The lowest BCUT2D eigenvalue weighted by Gasteiger charge is -2.18. The maximum atomic E-state index is 3.44. The SMILES string of the molecule is CCSc1ccc(C(Cc2ccccc2C)NC)cc1. The third-order valence-electron chi connectivity index (χ3n) is 3.63. The Morgan fingerprint density at radius 1 is 1.05 bits per heavy atom. The lowest BCUT2D eigenvalue weighted by molar-refractivity contribution is 0.590. The van der Waals surface area contributed by atoms with Crippen LogP contribution < -0.4 is 5.32 Å². The summed E-state index contributed by atoms with van der Waals surface area (Å²) in [6, 6.07) is 18.0. The summed E-state index contributed by atoms with van der Waals surface area (Å²) in [6.07, 6.45) is 1.03. The van der Waals surface area contributed by atoms with Crippen molar-refractivity contribution in [1.29, 1.82) is 0 Å². The number of benzene rings is 2. The van der Waals surface area contributed by atoms with Crippen LogP contribution >= 0.6 is 11.8 Å². The van der Waals surface area contributed by atoms with E-state index >= 15 is 0 Å². The molecule has 0 aliphatic heterocycles. The molecule has 1 unspecified atom stereocenters. The lowest BCUT2D eigenvalue weighted by Crippen LogP contribution is -2.19. The molecule has 0 bridgehead atoms. The van der Waals surface area contributed by atoms with Crippen LogP contribution in [-0.4, -0.2) is 12.8 Å². The Labute approximate surface area is 126 Å². The zero-order valence-corrected chi connectivity index (χ0v) is 13.3. The molecule has 0 radical (unpaired) electrons. The topological polar surface area (TPSA) is 12.0 Å². The van der Waals surface area contributed by atoms with Gasteiger partial charge in [0.05, 0.1) is 0 Å². The fourth-order valence-corrected chi connectivity index (χ4v) is 3.07. The second-order valence-electron chi connectivity index (χ2n) is 4.97. The van der Waals surface area contributed by atoms with Gasteiger partial charge in [-0.1, -0.05) is 43.3 Å². The zero-order valence-electron chi connectivity index (χ0n) is 12.5. The summed E-state index contributed by atoms with van der Waals surface area (Å²) in [5.41, 5.74) is 4.14. The highest BCUT2D eigenvalue weighted by Crippen LogP contribution is 2.23. The van der Waals surface area contributed by atoms with Crippen molar-refractivity contribution < 1.29 is 0 Å². The van der Waals surface area contributed by atoms with Crippen LogP contribution in [0.1, 0.15) is 29.7 Å². The number of aryl methyl sites for hydroxylation is 1. The molecule has 20 heavy (non-hydrogen) atoms. The molecule has 2 rings (SSSR count). The van der Waals surface area contributed by atoms with Crippen LogP contribution in [0.3, 0.4) is 0 Å². The Kier molecular flexibility index (Phi) is 5.69. The van der Waals surface area contributed by atoms with Gasteiger partial charge in [-0.3, -0.25) is 0 Å². The molecule has 0 amide bonds. The predicted octanol–water partition coefficient (Wildman–Crippen LogP) is 4.61. The fourth-order valence-electron chi connectivity index (χ4n) is 2.41. The molecule has 1 atom stereocenters. The van der Waals surface area contributed by atoms with Gasteiger partial charge in [-0.15, -0.1) is 11.8 Å². The molecule has 1 nitrogen and oxygen atoms in total. The standard InChI is InChI=1S/C18H23NS/c1-4-20-17-11-9-15(10-12-17)18(19-3)13-16-8-6-5-7-14(16)2/h5-12,18-19H,4,13H2,1-3H3. The predicted molar refractivity (Wildman–Crippen MR) is 89.5 cm³/mol. The van der Waals surface area contributed by atoms with E-state index in [-0.39, 0.29) is 0 Å². The van der Waals surface area contributed by atoms with Crippen LogP contribution in [0.4, 0.5) is 0 Å². The van der Waals surface area contributed by atoms with E-state index in [9.17, 15) is 0 Å². The van der Waals surface area contributed by atoms with Crippen LogP contribution in [0, 0.1) is 6.92 Å². The Hall–Kier alpha value is -1.25. The Morgan fingerprint density at radius 3 is 2.35 bits per heavy atom. The number of likely N-dealkylation sites (N-methyl/N-ethyl adjacent to an activating group) is 1. The molecule has 0 aliphatic rings. The van der Waals surface area contributed by atoms with Gasteiger partial charge in [-0.2, -0.15) is 0 Å². The van der Waals surface area contributed by atoms with Gasteiger partial charge in [0.25, 0.3) is 0 Å². The van der Waals surface area contributed by atoms with Gasteiger partial charge in [-0.25, -0.2) is 0 Å². The monoisotopic (exact) mass is 285 g/mol. The number of nitrogens with one attached hydrogen (secondary N) is 1. The number of rotatable bonds is 6. The van der Waals surface area contributed by atoms with Gasteiger partial charge >= 0.3 is 0 Å². The first-order valence-corrected chi connectivity index (χ1v) is 8.17. The van der Waals surface area contributed by atoms with Crippen molar-refractivity contribution in [3.05, 3.63) is 65.2 Å². The lowest BCUT2D eigenvalue weighted by atomic mass is 9.96. The molecule has 0 aromatic heterocycles. The molecule has 0 aliphatic carbocycles. The van der Waals surface area contributed by atoms with Gasteiger partial charge in [0.15, 0.2) is 0 Å². The highest BCUT2D eigenvalue weighted by atomic mass is 32.2. The maximum Gasteiger partial charge on any atom is 0.0358 e. The van der Waals surface area contributed by atoms with Gasteiger partial charge in [0, 0.05) is 10.9 Å². The Morgan fingerprint density at radius 2 is 1.75 bits per heavy atom. The first kappa shape index (κ1) is 15.1. The Bertz CT molecular complexity index is 533. The average molecular weight is 285 g/mol. The molecule has 0 saturated heterocycles. The molecule has 2 heteroatoms. The zero-order chi connectivity index (χ0) is 14.4. The largest absolute Gasteiger partial charge is 0.313 e. The minimum absolute atomic E-state index is 0.372. The smallest absolute Gasteiger partial charge is 0.0358 e. The van der Waals surface area contributed by atoms with Crippen molar-refractivity contribution in [3.8, 4) is 0 Å². The summed E-state index contributed by atoms with van der Waals surface area (Å²) in [5, 5.41) is 3.44. The summed E-state index contributed by atoms with van der Waals surface area (Å²) in [5.74, 6) is 1.12. The third kappa shape index (κ3) is 3.87. The summed E-state index contributed by atoms with van der Waals surface area (Å²) in [6.45, 7) is 4.37. The molecular weight excluding hydrogens is 262 g/mol. The fraction of sp³-hybridized carbons (Fsp3) is 0.333. The van der Waals surface area contributed by atoms with Crippen molar-refractivity contribution in [2.45, 2.75) is 31.2 Å². The van der Waals surface area contributed by atoms with Crippen molar-refractivity contribution >= 4 is 11.8 Å². The minimum atomic E-state index is 0.372. The van der Waals surface area contributed by atoms with Crippen LogP contribution in [0.25, 0.3) is 0 Å². The average Bonchev–Trinajstić information content (AvgIpc) is 2.48. The molecular formula is C18H23NS. The second-order valence-corrected chi connectivity index (χ2v) is 6.31. The second kappa shape index (κ2) is 7.51. The van der Waals surface area contributed by atoms with Crippen molar-refractivity contribution in [2.24, 2.45) is 0 Å². The van der Waals surface area contributed by atoms with E-state index < -0.39 is 0 Å². The van der Waals surface area contributed by atoms with Gasteiger partial charge in [0.2, 0.25) is 0 Å². The van der Waals surface area contributed by atoms with E-state index in [0.717, 1.165) is 12.2 Å². The van der Waals surface area contributed by atoms with Gasteiger partial charge < -0.3 is 5.32 Å². The number of thioether (sulfide) groups is 1. The van der Waals surface area contributed by atoms with Crippen LogP contribution in [0.15, 0.2) is 53.4 Å². The van der Waals surface area contributed by atoms with Crippen molar-refractivity contribution in [1.82, 2.24) is 5.32 Å². The molecule has 0 saturated carbocycles. The van der Waals surface area contributed by atoms with E-state index in [0.29, 0.717) is 6.04 Å². The van der Waals surface area contributed by atoms with E-state index in [1.807, 2.05) is 18.8 Å². The summed E-state index contributed by atoms with van der Waals surface area (Å²) >= 11 is 1.89. The highest BCUT2D eigenvalue weighted by Gasteiger charge is 2.11. The molecule has 1 N–H and O–H groups in total. The van der Waals surface area contributed by atoms with Crippen molar-refractivity contribution in [3.63, 3.8) is 0 Å². The van der Waals surface area contributed by atoms with Crippen molar-refractivity contribution in [2.75, 3.05) is 12.8 Å². The van der Waals surface area contributed by atoms with E-state index in [2.05, 4.69) is 67.7 Å². The Balaban J connectivity index is 2.13. The van der Waals surface area contributed by atoms with Crippen LogP contribution in [0.5, 0.6) is 0 Å². The first-order valence-electron chi connectivity index (χ1n) is 7.19.